The van der Waals surface area contributed by atoms with Crippen molar-refractivity contribution in [2.24, 2.45) is 5.16 Å². The van der Waals surface area contributed by atoms with Crippen LogP contribution in [-0.2, 0) is 0 Å². The van der Waals surface area contributed by atoms with Crippen LogP contribution in [0.4, 0.5) is 0 Å². The molecule has 0 unspecified atom stereocenters. The summed E-state index contributed by atoms with van der Waals surface area (Å²) in [6.07, 6.45) is 3.59. The van der Waals surface area contributed by atoms with Gasteiger partial charge in [0.15, 0.2) is 0 Å². The second-order valence-electron chi connectivity index (χ2n) is 3.19. The molecule has 1 heterocycles. The Morgan fingerprint density at radius 1 is 1.40 bits per heavy atom. The summed E-state index contributed by atoms with van der Waals surface area (Å²) in [6, 6.07) is 9.52. The Morgan fingerprint density at radius 2 is 2.27 bits per heavy atom. The molecule has 1 aromatic heterocycles. The second kappa shape index (κ2) is 3.96. The lowest BCUT2D eigenvalue weighted by Gasteiger charge is -2.03. The van der Waals surface area contributed by atoms with Crippen LogP contribution in [-0.4, -0.2) is 20.7 Å². The normalized spacial score (nSPS) is 11.7. The largest absolute Gasteiger partial charge is 0.411 e. The molecule has 0 amide bonds. The molecule has 0 spiro atoms. The highest BCUT2D eigenvalue weighted by Crippen LogP contribution is 2.10. The standard InChI is InChI=1S/C11H11N3O/c1-9(13-15)10-4-2-5-11(8-10)14-7-3-6-12-14/h2-8,15H,1H3. The van der Waals surface area contributed by atoms with Crippen LogP contribution >= 0.6 is 0 Å². The van der Waals surface area contributed by atoms with Gasteiger partial charge in [-0.05, 0) is 25.1 Å². The minimum Gasteiger partial charge on any atom is -0.411 e. The zero-order valence-electron chi connectivity index (χ0n) is 8.33. The summed E-state index contributed by atoms with van der Waals surface area (Å²) in [6.45, 7) is 1.75. The molecular weight excluding hydrogens is 190 g/mol. The van der Waals surface area contributed by atoms with E-state index in [1.165, 1.54) is 0 Å². The van der Waals surface area contributed by atoms with Crippen molar-refractivity contribution in [2.45, 2.75) is 6.92 Å². The first kappa shape index (κ1) is 9.45. The van der Waals surface area contributed by atoms with Crippen LogP contribution in [0.2, 0.25) is 0 Å². The van der Waals surface area contributed by atoms with Gasteiger partial charge in [0.05, 0.1) is 11.4 Å². The number of aromatic nitrogens is 2. The van der Waals surface area contributed by atoms with Crippen LogP contribution in [0.1, 0.15) is 12.5 Å². The summed E-state index contributed by atoms with van der Waals surface area (Å²) in [5.74, 6) is 0. The van der Waals surface area contributed by atoms with Crippen molar-refractivity contribution in [1.82, 2.24) is 9.78 Å². The van der Waals surface area contributed by atoms with Gasteiger partial charge in [0, 0.05) is 18.0 Å². The van der Waals surface area contributed by atoms with Crippen molar-refractivity contribution in [3.63, 3.8) is 0 Å². The quantitative estimate of drug-likeness (QED) is 0.459. The highest BCUT2D eigenvalue weighted by Gasteiger charge is 2.00. The van der Waals surface area contributed by atoms with Crippen LogP contribution in [0, 0.1) is 0 Å². The Balaban J connectivity index is 2.44. The molecule has 0 aliphatic heterocycles. The van der Waals surface area contributed by atoms with Crippen LogP contribution in [0.15, 0.2) is 47.9 Å². The number of nitrogens with zero attached hydrogens (tertiary/aromatic N) is 3. The molecule has 0 radical (unpaired) electrons. The van der Waals surface area contributed by atoms with E-state index in [1.54, 1.807) is 17.8 Å². The first-order valence-electron chi connectivity index (χ1n) is 4.60. The molecule has 4 heteroatoms. The van der Waals surface area contributed by atoms with Crippen LogP contribution < -0.4 is 0 Å². The Labute approximate surface area is 87.5 Å². The van der Waals surface area contributed by atoms with E-state index in [0.717, 1.165) is 11.3 Å². The van der Waals surface area contributed by atoms with Crippen molar-refractivity contribution in [1.29, 1.82) is 0 Å². The SMILES string of the molecule is CC(=NO)c1cccc(-n2cccn2)c1. The Kier molecular flexibility index (Phi) is 2.49. The third-order valence-corrected chi connectivity index (χ3v) is 2.18. The summed E-state index contributed by atoms with van der Waals surface area (Å²) in [7, 11) is 0. The van der Waals surface area contributed by atoms with Crippen LogP contribution in [0.25, 0.3) is 5.69 Å². The lowest BCUT2D eigenvalue weighted by molar-refractivity contribution is 0.319. The van der Waals surface area contributed by atoms with E-state index >= 15 is 0 Å². The Hall–Kier alpha value is -2.10. The minimum absolute atomic E-state index is 0.587. The number of benzene rings is 1. The van der Waals surface area contributed by atoms with Gasteiger partial charge in [-0.1, -0.05) is 17.3 Å². The van der Waals surface area contributed by atoms with Gasteiger partial charge < -0.3 is 5.21 Å². The first-order chi connectivity index (χ1) is 7.31. The maximum Gasteiger partial charge on any atom is 0.0837 e. The molecule has 1 aromatic carbocycles. The van der Waals surface area contributed by atoms with Gasteiger partial charge in [-0.25, -0.2) is 4.68 Å². The highest BCUT2D eigenvalue weighted by molar-refractivity contribution is 5.98. The Morgan fingerprint density at radius 3 is 2.93 bits per heavy atom. The molecular formula is C11H11N3O. The van der Waals surface area contributed by atoms with Gasteiger partial charge in [0.25, 0.3) is 0 Å². The van der Waals surface area contributed by atoms with E-state index in [4.69, 9.17) is 5.21 Å². The summed E-state index contributed by atoms with van der Waals surface area (Å²) >= 11 is 0. The van der Waals surface area contributed by atoms with E-state index < -0.39 is 0 Å². The Bertz CT molecular complexity index is 474. The average Bonchev–Trinajstić information content (AvgIpc) is 2.82. The molecule has 15 heavy (non-hydrogen) atoms. The topological polar surface area (TPSA) is 50.4 Å². The van der Waals surface area contributed by atoms with E-state index in [-0.39, 0.29) is 0 Å². The average molecular weight is 201 g/mol. The summed E-state index contributed by atoms with van der Waals surface area (Å²) in [5, 5.41) is 16.0. The van der Waals surface area contributed by atoms with Crippen LogP contribution in [0.5, 0.6) is 0 Å². The van der Waals surface area contributed by atoms with E-state index in [2.05, 4.69) is 10.3 Å². The third-order valence-electron chi connectivity index (χ3n) is 2.18. The fourth-order valence-corrected chi connectivity index (χ4v) is 1.35. The predicted molar refractivity (Wildman–Crippen MR) is 57.6 cm³/mol. The van der Waals surface area contributed by atoms with Crippen molar-refractivity contribution < 1.29 is 5.21 Å². The molecule has 0 bridgehead atoms. The molecule has 1 N–H and O–H groups in total. The molecule has 0 aliphatic carbocycles. The van der Waals surface area contributed by atoms with Crippen molar-refractivity contribution in [2.75, 3.05) is 0 Å². The number of hydrogen-bond acceptors (Lipinski definition) is 3. The van der Waals surface area contributed by atoms with Gasteiger partial charge in [-0.2, -0.15) is 5.10 Å². The van der Waals surface area contributed by atoms with Crippen LogP contribution in [0.3, 0.4) is 0 Å². The van der Waals surface area contributed by atoms with E-state index in [9.17, 15) is 0 Å². The number of hydrogen-bond donors (Lipinski definition) is 1. The third kappa shape index (κ3) is 1.88. The van der Waals surface area contributed by atoms with Crippen molar-refractivity contribution in [3.8, 4) is 5.69 Å². The molecule has 0 fully saturated rings. The maximum absolute atomic E-state index is 8.68. The molecule has 2 aromatic rings. The fourth-order valence-electron chi connectivity index (χ4n) is 1.35. The predicted octanol–water partition coefficient (Wildman–Crippen LogP) is 2.07. The molecule has 4 nitrogen and oxygen atoms in total. The lowest BCUT2D eigenvalue weighted by atomic mass is 10.1. The highest BCUT2D eigenvalue weighted by atomic mass is 16.4. The first-order valence-corrected chi connectivity index (χ1v) is 4.60. The maximum atomic E-state index is 8.68. The van der Waals surface area contributed by atoms with E-state index in [1.807, 2.05) is 36.5 Å². The zero-order valence-corrected chi connectivity index (χ0v) is 8.33. The zero-order chi connectivity index (χ0) is 10.7. The van der Waals surface area contributed by atoms with Crippen molar-refractivity contribution >= 4 is 5.71 Å². The lowest BCUT2D eigenvalue weighted by Crippen LogP contribution is -1.99. The summed E-state index contributed by atoms with van der Waals surface area (Å²) in [5.41, 5.74) is 2.41. The molecule has 0 atom stereocenters. The molecule has 76 valence electrons. The van der Waals surface area contributed by atoms with Crippen molar-refractivity contribution in [3.05, 3.63) is 48.3 Å². The molecule has 2 rings (SSSR count). The minimum atomic E-state index is 0.587. The van der Waals surface area contributed by atoms with Gasteiger partial charge in [0.1, 0.15) is 0 Å². The van der Waals surface area contributed by atoms with Gasteiger partial charge in [-0.15, -0.1) is 0 Å². The fraction of sp³-hybridized carbons (Fsp3) is 0.0909. The summed E-state index contributed by atoms with van der Waals surface area (Å²) in [4.78, 5) is 0. The number of rotatable bonds is 2. The van der Waals surface area contributed by atoms with E-state index in [0.29, 0.717) is 5.71 Å². The molecule has 0 saturated heterocycles. The second-order valence-corrected chi connectivity index (χ2v) is 3.19. The van der Waals surface area contributed by atoms with Gasteiger partial charge >= 0.3 is 0 Å². The smallest absolute Gasteiger partial charge is 0.0837 e. The van der Waals surface area contributed by atoms with Gasteiger partial charge in [-0.3, -0.25) is 0 Å². The molecule has 0 saturated carbocycles. The molecule has 0 aliphatic rings. The monoisotopic (exact) mass is 201 g/mol. The summed E-state index contributed by atoms with van der Waals surface area (Å²) < 4.78 is 1.76. The van der Waals surface area contributed by atoms with Gasteiger partial charge in [0.2, 0.25) is 0 Å². The number of oxime groups is 1.